The van der Waals surface area contributed by atoms with Gasteiger partial charge in [-0.1, -0.05) is 20.8 Å². The van der Waals surface area contributed by atoms with Gasteiger partial charge >= 0.3 is 12.0 Å². The van der Waals surface area contributed by atoms with Crippen molar-refractivity contribution in [3.05, 3.63) is 0 Å². The third kappa shape index (κ3) is 5.56. The Morgan fingerprint density at radius 2 is 1.76 bits per heavy atom. The third-order valence-electron chi connectivity index (χ3n) is 3.33. The van der Waals surface area contributed by atoms with Crippen molar-refractivity contribution in [2.75, 3.05) is 6.54 Å². The number of hydrogen-bond acceptors (Lipinski definition) is 2. The fourth-order valence-corrected chi connectivity index (χ4v) is 1.37. The van der Waals surface area contributed by atoms with E-state index in [9.17, 15) is 9.59 Å². The van der Waals surface area contributed by atoms with Crippen LogP contribution in [-0.2, 0) is 4.79 Å². The van der Waals surface area contributed by atoms with Gasteiger partial charge in [0.15, 0.2) is 0 Å². The molecule has 0 bridgehead atoms. The standard InChI is InChI=1S/C12H24N2O3/c1-5-9(10(15)16)8-13-11(17)14-12(4,6-2)7-3/h9H,5-8H2,1-4H3,(H,15,16)(H2,13,14,17). The number of amides is 2. The molecule has 0 spiro atoms. The zero-order valence-electron chi connectivity index (χ0n) is 11.2. The Morgan fingerprint density at radius 3 is 2.12 bits per heavy atom. The predicted octanol–water partition coefficient (Wildman–Crippen LogP) is 1.98. The average Bonchev–Trinajstić information content (AvgIpc) is 2.29. The van der Waals surface area contributed by atoms with Gasteiger partial charge in [-0.05, 0) is 26.2 Å². The van der Waals surface area contributed by atoms with Gasteiger partial charge < -0.3 is 15.7 Å². The van der Waals surface area contributed by atoms with E-state index in [4.69, 9.17) is 5.11 Å². The van der Waals surface area contributed by atoms with Gasteiger partial charge in [-0.15, -0.1) is 0 Å². The molecule has 0 aromatic rings. The first kappa shape index (κ1) is 15.7. The largest absolute Gasteiger partial charge is 0.481 e. The Kier molecular flexibility index (Phi) is 6.61. The first-order chi connectivity index (χ1) is 7.88. The van der Waals surface area contributed by atoms with Crippen LogP contribution in [0.5, 0.6) is 0 Å². The zero-order chi connectivity index (χ0) is 13.5. The second kappa shape index (κ2) is 7.14. The van der Waals surface area contributed by atoms with E-state index in [1.807, 2.05) is 20.8 Å². The summed E-state index contributed by atoms with van der Waals surface area (Å²) in [5.41, 5.74) is -0.227. The van der Waals surface area contributed by atoms with Crippen LogP contribution < -0.4 is 10.6 Å². The molecule has 3 N–H and O–H groups in total. The van der Waals surface area contributed by atoms with Gasteiger partial charge in [0.1, 0.15) is 0 Å². The number of carbonyl (C=O) groups excluding carboxylic acids is 1. The first-order valence-corrected chi connectivity index (χ1v) is 6.17. The molecule has 0 aliphatic heterocycles. The highest BCUT2D eigenvalue weighted by molar-refractivity contribution is 5.76. The van der Waals surface area contributed by atoms with E-state index in [-0.39, 0.29) is 18.1 Å². The predicted molar refractivity (Wildman–Crippen MR) is 66.9 cm³/mol. The van der Waals surface area contributed by atoms with Crippen LogP contribution in [0.1, 0.15) is 47.0 Å². The topological polar surface area (TPSA) is 78.4 Å². The average molecular weight is 244 g/mol. The minimum absolute atomic E-state index is 0.168. The van der Waals surface area contributed by atoms with Gasteiger partial charge in [-0.3, -0.25) is 4.79 Å². The third-order valence-corrected chi connectivity index (χ3v) is 3.33. The highest BCUT2D eigenvalue weighted by Crippen LogP contribution is 2.13. The molecule has 1 unspecified atom stereocenters. The minimum Gasteiger partial charge on any atom is -0.481 e. The van der Waals surface area contributed by atoms with Crippen molar-refractivity contribution in [3.8, 4) is 0 Å². The van der Waals surface area contributed by atoms with E-state index in [1.54, 1.807) is 6.92 Å². The highest BCUT2D eigenvalue weighted by atomic mass is 16.4. The van der Waals surface area contributed by atoms with E-state index >= 15 is 0 Å². The summed E-state index contributed by atoms with van der Waals surface area (Å²) in [7, 11) is 0. The van der Waals surface area contributed by atoms with E-state index < -0.39 is 11.9 Å². The van der Waals surface area contributed by atoms with Crippen molar-refractivity contribution in [1.82, 2.24) is 10.6 Å². The Bertz CT molecular complexity index is 262. The maximum Gasteiger partial charge on any atom is 0.315 e. The molecule has 0 saturated carbocycles. The second-order valence-electron chi connectivity index (χ2n) is 4.55. The Balaban J connectivity index is 4.15. The van der Waals surface area contributed by atoms with Crippen LogP contribution in [0.2, 0.25) is 0 Å². The van der Waals surface area contributed by atoms with Crippen LogP contribution in [0.15, 0.2) is 0 Å². The fourth-order valence-electron chi connectivity index (χ4n) is 1.37. The summed E-state index contributed by atoms with van der Waals surface area (Å²) < 4.78 is 0. The van der Waals surface area contributed by atoms with Crippen LogP contribution in [0.4, 0.5) is 4.79 Å². The highest BCUT2D eigenvalue weighted by Gasteiger charge is 2.22. The van der Waals surface area contributed by atoms with Gasteiger partial charge in [0.05, 0.1) is 5.92 Å². The van der Waals surface area contributed by atoms with Crippen molar-refractivity contribution >= 4 is 12.0 Å². The monoisotopic (exact) mass is 244 g/mol. The molecule has 0 aromatic carbocycles. The van der Waals surface area contributed by atoms with Gasteiger partial charge in [0.2, 0.25) is 0 Å². The summed E-state index contributed by atoms with van der Waals surface area (Å²) in [6.07, 6.45) is 2.19. The van der Waals surface area contributed by atoms with Crippen LogP contribution in [0.3, 0.4) is 0 Å². The number of carbonyl (C=O) groups is 2. The fraction of sp³-hybridized carbons (Fsp3) is 0.833. The molecule has 2 amide bonds. The Labute approximate surface area is 103 Å². The molecular formula is C12H24N2O3. The van der Waals surface area contributed by atoms with Crippen molar-refractivity contribution < 1.29 is 14.7 Å². The van der Waals surface area contributed by atoms with Gasteiger partial charge in [0.25, 0.3) is 0 Å². The minimum atomic E-state index is -0.874. The maximum absolute atomic E-state index is 11.6. The number of nitrogens with one attached hydrogen (secondary N) is 2. The second-order valence-corrected chi connectivity index (χ2v) is 4.55. The molecule has 0 radical (unpaired) electrons. The number of carboxylic acids is 1. The summed E-state index contributed by atoms with van der Waals surface area (Å²) >= 11 is 0. The molecule has 0 rings (SSSR count). The molecule has 1 atom stereocenters. The molecule has 5 nitrogen and oxygen atoms in total. The van der Waals surface area contributed by atoms with Crippen LogP contribution >= 0.6 is 0 Å². The van der Waals surface area contributed by atoms with Gasteiger partial charge in [0, 0.05) is 12.1 Å². The molecule has 0 fully saturated rings. The molecule has 0 aromatic heterocycles. The lowest BCUT2D eigenvalue weighted by atomic mass is 9.96. The number of rotatable bonds is 7. The van der Waals surface area contributed by atoms with Gasteiger partial charge in [-0.2, -0.15) is 0 Å². The lowest BCUT2D eigenvalue weighted by molar-refractivity contribution is -0.141. The zero-order valence-corrected chi connectivity index (χ0v) is 11.2. The SMILES string of the molecule is CCC(CNC(=O)NC(C)(CC)CC)C(=O)O. The molecule has 0 aliphatic rings. The number of aliphatic carboxylic acids is 1. The summed E-state index contributed by atoms with van der Waals surface area (Å²) in [6.45, 7) is 7.95. The van der Waals surface area contributed by atoms with E-state index in [0.717, 1.165) is 12.8 Å². The van der Waals surface area contributed by atoms with Crippen molar-refractivity contribution in [3.63, 3.8) is 0 Å². The van der Waals surface area contributed by atoms with Crippen molar-refractivity contribution in [2.45, 2.75) is 52.5 Å². The smallest absolute Gasteiger partial charge is 0.315 e. The summed E-state index contributed by atoms with van der Waals surface area (Å²) in [6, 6.07) is -0.295. The maximum atomic E-state index is 11.6. The summed E-state index contributed by atoms with van der Waals surface area (Å²) in [4.78, 5) is 22.4. The number of carboxylic acid groups (broad SMARTS) is 1. The number of urea groups is 1. The Morgan fingerprint density at radius 1 is 1.24 bits per heavy atom. The molecule has 17 heavy (non-hydrogen) atoms. The lowest BCUT2D eigenvalue weighted by Gasteiger charge is -2.28. The Hall–Kier alpha value is -1.26. The van der Waals surface area contributed by atoms with Crippen LogP contribution in [0, 0.1) is 5.92 Å². The molecule has 5 heteroatoms. The summed E-state index contributed by atoms with van der Waals surface area (Å²) in [5, 5.41) is 14.3. The summed E-state index contributed by atoms with van der Waals surface area (Å²) in [5.74, 6) is -1.39. The van der Waals surface area contributed by atoms with Gasteiger partial charge in [-0.25, -0.2) is 4.79 Å². The quantitative estimate of drug-likeness (QED) is 0.640. The molecule has 0 aliphatic carbocycles. The van der Waals surface area contributed by atoms with Crippen molar-refractivity contribution in [1.29, 1.82) is 0 Å². The van der Waals surface area contributed by atoms with E-state index in [0.29, 0.717) is 6.42 Å². The molecule has 100 valence electrons. The first-order valence-electron chi connectivity index (χ1n) is 6.17. The molecule has 0 heterocycles. The molecule has 0 saturated heterocycles. The van der Waals surface area contributed by atoms with E-state index in [1.165, 1.54) is 0 Å². The normalized spacial score (nSPS) is 12.9. The van der Waals surface area contributed by atoms with E-state index in [2.05, 4.69) is 10.6 Å². The lowest BCUT2D eigenvalue weighted by Crippen LogP contribution is -2.50. The van der Waals surface area contributed by atoms with Crippen molar-refractivity contribution in [2.24, 2.45) is 5.92 Å². The van der Waals surface area contributed by atoms with Crippen LogP contribution in [0.25, 0.3) is 0 Å². The van der Waals surface area contributed by atoms with Crippen LogP contribution in [-0.4, -0.2) is 29.2 Å². The molecular weight excluding hydrogens is 220 g/mol. The number of hydrogen-bond donors (Lipinski definition) is 3.